The second kappa shape index (κ2) is 7.85. The molecule has 0 unspecified atom stereocenters. The molecule has 0 bridgehead atoms. The molecule has 0 aromatic heterocycles. The van der Waals surface area contributed by atoms with Gasteiger partial charge in [0.15, 0.2) is 0 Å². The molecule has 0 fully saturated rings. The van der Waals surface area contributed by atoms with Crippen molar-refractivity contribution in [1.82, 2.24) is 0 Å². The van der Waals surface area contributed by atoms with Gasteiger partial charge in [-0.25, -0.2) is 0 Å². The molecule has 0 N–H and O–H groups in total. The minimum atomic E-state index is -4.69. The van der Waals surface area contributed by atoms with Crippen molar-refractivity contribution in [3.05, 3.63) is 48.5 Å². The van der Waals surface area contributed by atoms with Crippen molar-refractivity contribution in [3.63, 3.8) is 0 Å². The Morgan fingerprint density at radius 3 is 2.00 bits per heavy atom. The van der Waals surface area contributed by atoms with Crippen LogP contribution in [0.2, 0.25) is 0 Å². The molecule has 3 aromatic rings. The fraction of sp³-hybridized carbons (Fsp3) is 0.333. The summed E-state index contributed by atoms with van der Waals surface area (Å²) in [6.07, 6.45) is -0.0809. The minimum absolute atomic E-state index is 0.212. The largest absolute Gasteiger partial charge is 0.573 e. The molecule has 0 heterocycles. The first-order chi connectivity index (χ1) is 12.5. The Balaban J connectivity index is 1.80. The second-order valence-electron chi connectivity index (χ2n) is 6.29. The molecule has 138 valence electrons. The third-order valence-corrected chi connectivity index (χ3v) is 4.28. The van der Waals surface area contributed by atoms with Gasteiger partial charge in [-0.2, -0.15) is 0 Å². The minimum Gasteiger partial charge on any atom is -0.494 e. The quantitative estimate of drug-likeness (QED) is 0.338. The van der Waals surface area contributed by atoms with E-state index in [9.17, 15) is 13.2 Å². The molecular formula is C21H21F3O2. The van der Waals surface area contributed by atoms with Crippen LogP contribution in [0.5, 0.6) is 11.5 Å². The van der Waals surface area contributed by atoms with Crippen molar-refractivity contribution in [1.29, 1.82) is 0 Å². The number of hydrogen-bond donors (Lipinski definition) is 0. The smallest absolute Gasteiger partial charge is 0.494 e. The number of alkyl halides is 3. The number of hydrogen-bond acceptors (Lipinski definition) is 2. The monoisotopic (exact) mass is 362 g/mol. The Labute approximate surface area is 150 Å². The van der Waals surface area contributed by atoms with Crippen LogP contribution in [0.25, 0.3) is 21.5 Å². The number of fused-ring (bicyclic) bond motifs is 3. The van der Waals surface area contributed by atoms with Crippen molar-refractivity contribution >= 4 is 21.5 Å². The van der Waals surface area contributed by atoms with E-state index in [-0.39, 0.29) is 5.75 Å². The van der Waals surface area contributed by atoms with E-state index >= 15 is 0 Å². The first-order valence-electron chi connectivity index (χ1n) is 8.81. The fourth-order valence-electron chi connectivity index (χ4n) is 3.03. The molecule has 2 nitrogen and oxygen atoms in total. The SMILES string of the molecule is CCCCCCOc1ccc2c(ccc3cc(OC(F)(F)F)ccc32)c1. The first kappa shape index (κ1) is 18.4. The molecule has 0 aliphatic rings. The molecule has 3 rings (SSSR count). The zero-order valence-corrected chi connectivity index (χ0v) is 14.6. The molecule has 0 spiro atoms. The third-order valence-electron chi connectivity index (χ3n) is 4.28. The van der Waals surface area contributed by atoms with E-state index in [1.54, 1.807) is 12.1 Å². The van der Waals surface area contributed by atoms with Crippen LogP contribution in [-0.2, 0) is 0 Å². The lowest BCUT2D eigenvalue weighted by molar-refractivity contribution is -0.274. The molecular weight excluding hydrogens is 341 g/mol. The molecule has 0 aliphatic heterocycles. The van der Waals surface area contributed by atoms with Crippen LogP contribution in [0.3, 0.4) is 0 Å². The lowest BCUT2D eigenvalue weighted by atomic mass is 10.0. The van der Waals surface area contributed by atoms with E-state index in [0.29, 0.717) is 12.0 Å². The van der Waals surface area contributed by atoms with E-state index < -0.39 is 6.36 Å². The summed E-state index contributed by atoms with van der Waals surface area (Å²) in [5.41, 5.74) is 0. The Kier molecular flexibility index (Phi) is 5.55. The number of ether oxygens (including phenoxy) is 2. The van der Waals surface area contributed by atoms with Crippen molar-refractivity contribution < 1.29 is 22.6 Å². The van der Waals surface area contributed by atoms with Crippen LogP contribution in [0.4, 0.5) is 13.2 Å². The third kappa shape index (κ3) is 4.59. The number of halogens is 3. The van der Waals surface area contributed by atoms with E-state index in [1.165, 1.54) is 25.0 Å². The Morgan fingerprint density at radius 1 is 0.769 bits per heavy atom. The van der Waals surface area contributed by atoms with Gasteiger partial charge in [0.2, 0.25) is 0 Å². The first-order valence-corrected chi connectivity index (χ1v) is 8.81. The van der Waals surface area contributed by atoms with Gasteiger partial charge in [0.05, 0.1) is 6.61 Å². The average Bonchev–Trinajstić information content (AvgIpc) is 2.59. The lowest BCUT2D eigenvalue weighted by Gasteiger charge is -2.11. The van der Waals surface area contributed by atoms with Crippen molar-refractivity contribution in [2.24, 2.45) is 0 Å². The normalized spacial score (nSPS) is 11.8. The lowest BCUT2D eigenvalue weighted by Crippen LogP contribution is -2.16. The topological polar surface area (TPSA) is 18.5 Å². The van der Waals surface area contributed by atoms with Gasteiger partial charge >= 0.3 is 6.36 Å². The Hall–Kier alpha value is -2.43. The second-order valence-corrected chi connectivity index (χ2v) is 6.29. The highest BCUT2D eigenvalue weighted by Crippen LogP contribution is 2.32. The number of unbranched alkanes of at least 4 members (excludes halogenated alkanes) is 3. The highest BCUT2D eigenvalue weighted by molar-refractivity contribution is 6.08. The summed E-state index contributed by atoms with van der Waals surface area (Å²) in [7, 11) is 0. The van der Waals surface area contributed by atoms with Crippen molar-refractivity contribution in [2.75, 3.05) is 6.61 Å². The maximum absolute atomic E-state index is 12.4. The molecule has 0 radical (unpaired) electrons. The van der Waals surface area contributed by atoms with Crippen LogP contribution in [-0.4, -0.2) is 13.0 Å². The van der Waals surface area contributed by atoms with E-state index in [4.69, 9.17) is 4.74 Å². The number of benzene rings is 3. The Morgan fingerprint density at radius 2 is 1.38 bits per heavy atom. The molecule has 5 heteroatoms. The van der Waals surface area contributed by atoms with E-state index in [0.717, 1.165) is 34.7 Å². The predicted molar refractivity (Wildman–Crippen MR) is 97.8 cm³/mol. The van der Waals surface area contributed by atoms with Gasteiger partial charge < -0.3 is 9.47 Å². The van der Waals surface area contributed by atoms with Gasteiger partial charge in [-0.3, -0.25) is 0 Å². The van der Waals surface area contributed by atoms with Gasteiger partial charge in [-0.1, -0.05) is 50.5 Å². The van der Waals surface area contributed by atoms with Gasteiger partial charge in [-0.15, -0.1) is 13.2 Å². The predicted octanol–water partition coefficient (Wildman–Crippen LogP) is 6.85. The van der Waals surface area contributed by atoms with Gasteiger partial charge in [0.25, 0.3) is 0 Å². The average molecular weight is 362 g/mol. The highest BCUT2D eigenvalue weighted by atomic mass is 19.4. The molecule has 3 aromatic carbocycles. The van der Waals surface area contributed by atoms with Crippen molar-refractivity contribution in [2.45, 2.75) is 39.0 Å². The van der Waals surface area contributed by atoms with Gasteiger partial charge in [0, 0.05) is 0 Å². The highest BCUT2D eigenvalue weighted by Gasteiger charge is 2.31. The summed E-state index contributed by atoms with van der Waals surface area (Å²) < 4.78 is 46.9. The van der Waals surface area contributed by atoms with Gasteiger partial charge in [-0.05, 0) is 52.2 Å². The van der Waals surface area contributed by atoms with Crippen LogP contribution >= 0.6 is 0 Å². The molecule has 0 atom stereocenters. The standard InChI is InChI=1S/C21H21F3O2/c1-2-3-4-5-12-25-17-8-10-19-15(13-17)6-7-16-14-18(9-11-20(16)19)26-21(22,23)24/h6-11,13-14H,2-5,12H2,1H3. The zero-order valence-electron chi connectivity index (χ0n) is 14.6. The fourth-order valence-corrected chi connectivity index (χ4v) is 3.03. The molecule has 0 amide bonds. The molecule has 0 saturated heterocycles. The Bertz CT molecular complexity index is 887. The summed E-state index contributed by atoms with van der Waals surface area (Å²) in [6, 6.07) is 13.9. The summed E-state index contributed by atoms with van der Waals surface area (Å²) >= 11 is 0. The summed E-state index contributed by atoms with van der Waals surface area (Å²) in [4.78, 5) is 0. The maximum Gasteiger partial charge on any atom is 0.573 e. The van der Waals surface area contributed by atoms with Crippen LogP contribution in [0.1, 0.15) is 32.6 Å². The van der Waals surface area contributed by atoms with Crippen LogP contribution in [0.15, 0.2) is 48.5 Å². The molecule has 26 heavy (non-hydrogen) atoms. The van der Waals surface area contributed by atoms with Crippen LogP contribution < -0.4 is 9.47 Å². The van der Waals surface area contributed by atoms with E-state index in [2.05, 4.69) is 11.7 Å². The zero-order chi connectivity index (χ0) is 18.6. The van der Waals surface area contributed by atoms with Gasteiger partial charge in [0.1, 0.15) is 11.5 Å². The van der Waals surface area contributed by atoms with Crippen molar-refractivity contribution in [3.8, 4) is 11.5 Å². The summed E-state index contributed by atoms with van der Waals surface area (Å²) in [5, 5.41) is 3.55. The summed E-state index contributed by atoms with van der Waals surface area (Å²) in [6.45, 7) is 2.87. The molecule has 0 aliphatic carbocycles. The van der Waals surface area contributed by atoms with Crippen LogP contribution in [0, 0.1) is 0 Å². The maximum atomic E-state index is 12.4. The summed E-state index contributed by atoms with van der Waals surface area (Å²) in [5.74, 6) is 0.599. The van der Waals surface area contributed by atoms with E-state index in [1.807, 2.05) is 24.3 Å². The number of rotatable bonds is 7. The molecule has 0 saturated carbocycles.